The summed E-state index contributed by atoms with van der Waals surface area (Å²) in [5.41, 5.74) is 1.35. The first-order chi connectivity index (χ1) is 15.1. The van der Waals surface area contributed by atoms with Crippen LogP contribution in [0, 0.1) is 0 Å². The zero-order valence-corrected chi connectivity index (χ0v) is 17.6. The van der Waals surface area contributed by atoms with E-state index in [0.717, 1.165) is 10.6 Å². The highest BCUT2D eigenvalue weighted by Crippen LogP contribution is 2.36. The van der Waals surface area contributed by atoms with Crippen LogP contribution in [-0.2, 0) is 20.9 Å². The van der Waals surface area contributed by atoms with Gasteiger partial charge in [-0.05, 0) is 24.3 Å². The summed E-state index contributed by atoms with van der Waals surface area (Å²) in [6, 6.07) is 12.6. The van der Waals surface area contributed by atoms with Gasteiger partial charge in [-0.2, -0.15) is 4.98 Å². The molecule has 0 saturated heterocycles. The van der Waals surface area contributed by atoms with Gasteiger partial charge in [-0.25, -0.2) is 0 Å². The minimum atomic E-state index is -0.566. The number of fused-ring (bicyclic) bond motifs is 1. The number of nitrogens with one attached hydrogen (secondary N) is 1. The minimum absolute atomic E-state index is 0.0713. The maximum atomic E-state index is 12.3. The summed E-state index contributed by atoms with van der Waals surface area (Å²) in [7, 11) is 3.09. The fourth-order valence-electron chi connectivity index (χ4n) is 2.99. The highest BCUT2D eigenvalue weighted by molar-refractivity contribution is 8.01. The molecule has 1 aliphatic heterocycles. The monoisotopic (exact) mass is 441 g/mol. The molecule has 2 aromatic carbocycles. The van der Waals surface area contributed by atoms with Crippen molar-refractivity contribution < 1.29 is 28.3 Å². The van der Waals surface area contributed by atoms with E-state index >= 15 is 0 Å². The number of hydrogen-bond donors (Lipinski definition) is 1. The standard InChI is InChI=1S/C21H19N3O6S/c1-27-12-7-8-13(15(9-12)28-2)20-23-18(30-24-20)11-29-19(25)10-17-21(26)22-14-5-3-4-6-16(14)31-17/h3-9,17H,10-11H2,1-2H3,(H,22,26)/t17-/m0/s1. The van der Waals surface area contributed by atoms with E-state index in [1.165, 1.54) is 18.9 Å². The molecule has 1 atom stereocenters. The van der Waals surface area contributed by atoms with Gasteiger partial charge in [-0.3, -0.25) is 9.59 Å². The van der Waals surface area contributed by atoms with Crippen LogP contribution in [0.25, 0.3) is 11.4 Å². The number of amides is 1. The second kappa shape index (κ2) is 9.09. The number of aromatic nitrogens is 2. The Hall–Kier alpha value is -3.53. The molecule has 0 bridgehead atoms. The average molecular weight is 441 g/mol. The summed E-state index contributed by atoms with van der Waals surface area (Å²) in [4.78, 5) is 29.6. The van der Waals surface area contributed by atoms with Crippen LogP contribution in [0.4, 0.5) is 5.69 Å². The largest absolute Gasteiger partial charge is 0.497 e. The number of anilines is 1. The van der Waals surface area contributed by atoms with Crippen LogP contribution in [-0.4, -0.2) is 41.5 Å². The molecule has 10 heteroatoms. The van der Waals surface area contributed by atoms with E-state index in [4.69, 9.17) is 18.7 Å². The lowest BCUT2D eigenvalue weighted by molar-refractivity contribution is -0.146. The van der Waals surface area contributed by atoms with Crippen molar-refractivity contribution in [2.75, 3.05) is 19.5 Å². The molecule has 0 fully saturated rings. The minimum Gasteiger partial charge on any atom is -0.497 e. The van der Waals surface area contributed by atoms with Crippen LogP contribution in [0.2, 0.25) is 0 Å². The molecule has 160 valence electrons. The van der Waals surface area contributed by atoms with Crippen molar-refractivity contribution in [3.8, 4) is 22.9 Å². The molecule has 9 nitrogen and oxygen atoms in total. The van der Waals surface area contributed by atoms with Gasteiger partial charge >= 0.3 is 5.97 Å². The smallest absolute Gasteiger partial charge is 0.307 e. The van der Waals surface area contributed by atoms with E-state index in [9.17, 15) is 9.59 Å². The number of benzene rings is 2. The SMILES string of the molecule is COc1ccc(-c2noc(COC(=O)C[C@@H]3Sc4ccccc4NC3=O)n2)c(OC)c1. The molecule has 1 N–H and O–H groups in total. The van der Waals surface area contributed by atoms with Gasteiger partial charge in [-0.1, -0.05) is 17.3 Å². The number of para-hydroxylation sites is 1. The third kappa shape index (κ3) is 4.64. The van der Waals surface area contributed by atoms with Gasteiger partial charge in [0.1, 0.15) is 11.5 Å². The number of esters is 1. The number of ether oxygens (including phenoxy) is 3. The number of carbonyl (C=O) groups excluding carboxylic acids is 2. The number of thioether (sulfide) groups is 1. The van der Waals surface area contributed by atoms with E-state index < -0.39 is 11.2 Å². The van der Waals surface area contributed by atoms with Crippen LogP contribution >= 0.6 is 11.8 Å². The second-order valence-electron chi connectivity index (χ2n) is 6.53. The molecule has 31 heavy (non-hydrogen) atoms. The van der Waals surface area contributed by atoms with E-state index in [-0.39, 0.29) is 24.8 Å². The van der Waals surface area contributed by atoms with Crippen LogP contribution in [0.15, 0.2) is 51.9 Å². The first-order valence-electron chi connectivity index (χ1n) is 9.34. The van der Waals surface area contributed by atoms with Gasteiger partial charge in [0, 0.05) is 11.0 Å². The molecule has 4 rings (SSSR count). The number of methoxy groups -OCH3 is 2. The number of carbonyl (C=O) groups is 2. The average Bonchev–Trinajstić information content (AvgIpc) is 3.26. The normalized spacial score (nSPS) is 15.0. The van der Waals surface area contributed by atoms with Gasteiger partial charge in [-0.15, -0.1) is 11.8 Å². The van der Waals surface area contributed by atoms with Gasteiger partial charge in [0.15, 0.2) is 6.61 Å². The lowest BCUT2D eigenvalue weighted by Gasteiger charge is -2.23. The lowest BCUT2D eigenvalue weighted by Crippen LogP contribution is -2.31. The maximum absolute atomic E-state index is 12.3. The predicted molar refractivity (Wildman–Crippen MR) is 112 cm³/mol. The van der Waals surface area contributed by atoms with Gasteiger partial charge in [0.05, 0.1) is 37.1 Å². The Morgan fingerprint density at radius 1 is 1.19 bits per heavy atom. The van der Waals surface area contributed by atoms with Crippen molar-refractivity contribution in [2.24, 2.45) is 0 Å². The summed E-state index contributed by atoms with van der Waals surface area (Å²) >= 11 is 1.34. The first kappa shape index (κ1) is 20.7. The fourth-order valence-corrected chi connectivity index (χ4v) is 4.08. The van der Waals surface area contributed by atoms with Crippen LogP contribution in [0.5, 0.6) is 11.5 Å². The summed E-state index contributed by atoms with van der Waals surface area (Å²) in [6.45, 7) is -0.195. The van der Waals surface area contributed by atoms with E-state index in [2.05, 4.69) is 15.5 Å². The molecule has 1 aliphatic rings. The summed E-state index contributed by atoms with van der Waals surface area (Å²) < 4.78 is 20.9. The third-order valence-corrected chi connectivity index (χ3v) is 5.81. The molecule has 0 unspecified atom stereocenters. The fraction of sp³-hybridized carbons (Fsp3) is 0.238. The van der Waals surface area contributed by atoms with E-state index in [0.29, 0.717) is 22.9 Å². The zero-order chi connectivity index (χ0) is 21.8. The summed E-state index contributed by atoms with van der Waals surface area (Å²) in [5, 5.41) is 6.15. The quantitative estimate of drug-likeness (QED) is 0.552. The van der Waals surface area contributed by atoms with E-state index in [1.807, 2.05) is 24.3 Å². The molecule has 2 heterocycles. The topological polar surface area (TPSA) is 113 Å². The molecular formula is C21H19N3O6S. The Labute approximate surface area is 182 Å². The molecule has 0 spiro atoms. The molecule has 0 aliphatic carbocycles. The van der Waals surface area contributed by atoms with Gasteiger partial charge < -0.3 is 24.1 Å². The molecule has 1 aromatic heterocycles. The summed E-state index contributed by atoms with van der Waals surface area (Å²) in [5.74, 6) is 0.813. The number of nitrogens with zero attached hydrogens (tertiary/aromatic N) is 2. The van der Waals surface area contributed by atoms with Crippen molar-refractivity contribution >= 4 is 29.3 Å². The molecule has 1 amide bonds. The van der Waals surface area contributed by atoms with Crippen LogP contribution < -0.4 is 14.8 Å². The predicted octanol–water partition coefficient (Wildman–Crippen LogP) is 3.30. The highest BCUT2D eigenvalue weighted by Gasteiger charge is 2.29. The van der Waals surface area contributed by atoms with Gasteiger partial charge in [0.2, 0.25) is 11.7 Å². The Morgan fingerprint density at radius 2 is 2.03 bits per heavy atom. The maximum Gasteiger partial charge on any atom is 0.307 e. The van der Waals surface area contributed by atoms with Crippen molar-refractivity contribution in [1.82, 2.24) is 10.1 Å². The van der Waals surface area contributed by atoms with E-state index in [1.54, 1.807) is 25.3 Å². The second-order valence-corrected chi connectivity index (χ2v) is 7.78. The number of hydrogen-bond acceptors (Lipinski definition) is 9. The van der Waals surface area contributed by atoms with Crippen LogP contribution in [0.1, 0.15) is 12.3 Å². The lowest BCUT2D eigenvalue weighted by atomic mass is 10.2. The Bertz CT molecular complexity index is 1120. The highest BCUT2D eigenvalue weighted by atomic mass is 32.2. The molecule has 3 aromatic rings. The van der Waals surface area contributed by atoms with Crippen molar-refractivity contribution in [3.63, 3.8) is 0 Å². The van der Waals surface area contributed by atoms with Crippen molar-refractivity contribution in [1.29, 1.82) is 0 Å². The van der Waals surface area contributed by atoms with Crippen molar-refractivity contribution in [3.05, 3.63) is 48.4 Å². The third-order valence-electron chi connectivity index (χ3n) is 4.53. The summed E-state index contributed by atoms with van der Waals surface area (Å²) in [6.07, 6.45) is -0.0713. The number of rotatable bonds is 7. The Balaban J connectivity index is 1.36. The Kier molecular flexibility index (Phi) is 6.08. The molecule has 0 radical (unpaired) electrons. The van der Waals surface area contributed by atoms with Crippen molar-refractivity contribution in [2.45, 2.75) is 23.2 Å². The zero-order valence-electron chi connectivity index (χ0n) is 16.8. The first-order valence-corrected chi connectivity index (χ1v) is 10.2. The molecular weight excluding hydrogens is 422 g/mol. The van der Waals surface area contributed by atoms with Crippen LogP contribution in [0.3, 0.4) is 0 Å². The Morgan fingerprint density at radius 3 is 2.84 bits per heavy atom. The van der Waals surface area contributed by atoms with Gasteiger partial charge in [0.25, 0.3) is 5.89 Å². The molecule has 0 saturated carbocycles.